The summed E-state index contributed by atoms with van der Waals surface area (Å²) in [4.78, 5) is 2.43. The van der Waals surface area contributed by atoms with E-state index >= 15 is 0 Å². The van der Waals surface area contributed by atoms with Crippen molar-refractivity contribution in [3.8, 4) is 0 Å². The molecule has 1 rings (SSSR count). The Hall–Kier alpha value is -0.0800. The number of nitrogens with one attached hydrogen (secondary N) is 1. The van der Waals surface area contributed by atoms with Crippen LogP contribution in [0, 0.1) is 0 Å². The summed E-state index contributed by atoms with van der Waals surface area (Å²) in [6.45, 7) is 7.01. The van der Waals surface area contributed by atoms with Gasteiger partial charge in [-0.3, -0.25) is 4.90 Å². The summed E-state index contributed by atoms with van der Waals surface area (Å²) in [5.74, 6) is 0. The number of hydrogen-bond donors (Lipinski definition) is 1. The Morgan fingerprint density at radius 1 is 1.62 bits per heavy atom. The number of hydrogen-bond acceptors (Lipinski definition) is 2. The average Bonchev–Trinajstić information content (AvgIpc) is 2.19. The maximum Gasteiger partial charge on any atom is 0.0481 e. The second-order valence-corrected chi connectivity index (χ2v) is 2.28. The highest BCUT2D eigenvalue weighted by molar-refractivity contribution is 4.63. The third-order valence-electron chi connectivity index (χ3n) is 1.48. The van der Waals surface area contributed by atoms with Crippen molar-refractivity contribution in [2.75, 3.05) is 26.3 Å². The van der Waals surface area contributed by atoms with Gasteiger partial charge in [0.1, 0.15) is 0 Å². The molecule has 0 aromatic rings. The summed E-state index contributed by atoms with van der Waals surface area (Å²) in [6.07, 6.45) is 1.28. The lowest BCUT2D eigenvalue weighted by atomic mass is 10.4. The summed E-state index contributed by atoms with van der Waals surface area (Å²) in [7, 11) is 0. The van der Waals surface area contributed by atoms with E-state index in [-0.39, 0.29) is 0 Å². The van der Waals surface area contributed by atoms with E-state index in [1.54, 1.807) is 0 Å². The van der Waals surface area contributed by atoms with Crippen molar-refractivity contribution >= 4 is 0 Å². The van der Waals surface area contributed by atoms with Crippen molar-refractivity contribution < 1.29 is 0 Å². The highest BCUT2D eigenvalue weighted by Crippen LogP contribution is 1.92. The predicted molar refractivity (Wildman–Crippen MR) is 34.7 cm³/mol. The van der Waals surface area contributed by atoms with Crippen LogP contribution in [-0.2, 0) is 0 Å². The molecule has 1 aliphatic rings. The second-order valence-electron chi connectivity index (χ2n) is 2.28. The largest absolute Gasteiger partial charge is 0.303 e. The minimum absolute atomic E-state index is 1.10. The molecule has 0 aromatic carbocycles. The van der Waals surface area contributed by atoms with E-state index in [4.69, 9.17) is 0 Å². The molecule has 1 fully saturated rings. The fourth-order valence-corrected chi connectivity index (χ4v) is 1.06. The predicted octanol–water partition coefficient (Wildman–Crippen LogP) is 0.259. The smallest absolute Gasteiger partial charge is 0.0481 e. The molecule has 0 atom stereocenters. The Morgan fingerprint density at radius 2 is 2.50 bits per heavy atom. The van der Waals surface area contributed by atoms with Crippen molar-refractivity contribution in [1.82, 2.24) is 10.2 Å². The van der Waals surface area contributed by atoms with Crippen LogP contribution in [0.3, 0.4) is 0 Å². The first-order valence-corrected chi connectivity index (χ1v) is 3.36. The van der Waals surface area contributed by atoms with E-state index in [9.17, 15) is 0 Å². The van der Waals surface area contributed by atoms with Gasteiger partial charge >= 0.3 is 0 Å². The first-order chi connectivity index (χ1) is 3.93. The van der Waals surface area contributed by atoms with Crippen LogP contribution in [0.4, 0.5) is 0 Å². The molecular weight excluding hydrogens is 100 g/mol. The van der Waals surface area contributed by atoms with Crippen molar-refractivity contribution in [1.29, 1.82) is 0 Å². The van der Waals surface area contributed by atoms with E-state index in [1.807, 2.05) is 0 Å². The summed E-state index contributed by atoms with van der Waals surface area (Å²) in [5.41, 5.74) is 0. The van der Waals surface area contributed by atoms with Crippen molar-refractivity contribution in [3.05, 3.63) is 0 Å². The Morgan fingerprint density at radius 3 is 3.00 bits per heavy atom. The summed E-state index contributed by atoms with van der Waals surface area (Å²) in [6, 6.07) is 0. The molecule has 8 heavy (non-hydrogen) atoms. The van der Waals surface area contributed by atoms with E-state index in [1.165, 1.54) is 26.1 Å². The summed E-state index contributed by atoms with van der Waals surface area (Å²) >= 11 is 0. The number of rotatable bonds is 2. The molecule has 0 saturated carbocycles. The molecule has 0 aromatic heterocycles. The van der Waals surface area contributed by atoms with Crippen molar-refractivity contribution in [2.45, 2.75) is 13.3 Å². The van der Waals surface area contributed by atoms with Crippen LogP contribution in [0.25, 0.3) is 0 Å². The zero-order valence-corrected chi connectivity index (χ0v) is 5.48. The van der Waals surface area contributed by atoms with Crippen LogP contribution < -0.4 is 5.32 Å². The summed E-state index contributed by atoms with van der Waals surface area (Å²) in [5, 5.41) is 3.28. The Labute approximate surface area is 50.9 Å². The van der Waals surface area contributed by atoms with Gasteiger partial charge < -0.3 is 5.32 Å². The average molecular weight is 114 g/mol. The standard InChI is InChI=1S/C6H14N2/c1-2-4-8-5-3-7-6-8/h7H,2-6H2,1H3. The Balaban J connectivity index is 2.06. The second kappa shape index (κ2) is 3.05. The van der Waals surface area contributed by atoms with Gasteiger partial charge in [0.25, 0.3) is 0 Å². The minimum Gasteiger partial charge on any atom is -0.303 e. The topological polar surface area (TPSA) is 15.3 Å². The normalized spacial score (nSPS) is 22.1. The SMILES string of the molecule is CCCN1CCNC1. The van der Waals surface area contributed by atoms with E-state index in [2.05, 4.69) is 17.1 Å². The van der Waals surface area contributed by atoms with Gasteiger partial charge in [-0.1, -0.05) is 6.92 Å². The Kier molecular flexibility index (Phi) is 2.30. The molecule has 1 saturated heterocycles. The van der Waals surface area contributed by atoms with E-state index < -0.39 is 0 Å². The van der Waals surface area contributed by atoms with E-state index in [0.29, 0.717) is 0 Å². The minimum atomic E-state index is 1.10. The molecule has 1 aliphatic heterocycles. The Bertz CT molecular complexity index is 57.5. The van der Waals surface area contributed by atoms with Crippen LogP contribution in [0.5, 0.6) is 0 Å². The molecule has 2 heteroatoms. The quantitative estimate of drug-likeness (QED) is 0.554. The summed E-state index contributed by atoms with van der Waals surface area (Å²) < 4.78 is 0. The van der Waals surface area contributed by atoms with Crippen LogP contribution in [0.1, 0.15) is 13.3 Å². The maximum atomic E-state index is 3.28. The molecule has 0 unspecified atom stereocenters. The van der Waals surface area contributed by atoms with Gasteiger partial charge in [0.15, 0.2) is 0 Å². The first-order valence-electron chi connectivity index (χ1n) is 3.36. The zero-order chi connectivity index (χ0) is 5.82. The van der Waals surface area contributed by atoms with Gasteiger partial charge in [-0.15, -0.1) is 0 Å². The molecule has 0 bridgehead atoms. The van der Waals surface area contributed by atoms with Crippen LogP contribution >= 0.6 is 0 Å². The molecule has 2 nitrogen and oxygen atoms in total. The fraction of sp³-hybridized carbons (Fsp3) is 1.00. The molecule has 1 heterocycles. The molecule has 0 spiro atoms. The lowest BCUT2D eigenvalue weighted by Gasteiger charge is -2.10. The first kappa shape index (κ1) is 6.05. The third-order valence-corrected chi connectivity index (χ3v) is 1.48. The lowest BCUT2D eigenvalue weighted by molar-refractivity contribution is 0.336. The molecule has 0 radical (unpaired) electrons. The molecular formula is C6H14N2. The van der Waals surface area contributed by atoms with Gasteiger partial charge in [-0.25, -0.2) is 0 Å². The highest BCUT2D eigenvalue weighted by Gasteiger charge is 2.07. The molecule has 0 aliphatic carbocycles. The van der Waals surface area contributed by atoms with Crippen LogP contribution in [0.2, 0.25) is 0 Å². The van der Waals surface area contributed by atoms with Crippen LogP contribution in [0.15, 0.2) is 0 Å². The molecule has 0 amide bonds. The monoisotopic (exact) mass is 114 g/mol. The van der Waals surface area contributed by atoms with Gasteiger partial charge in [0, 0.05) is 19.8 Å². The number of nitrogens with zero attached hydrogens (tertiary/aromatic N) is 1. The molecule has 1 N–H and O–H groups in total. The van der Waals surface area contributed by atoms with Gasteiger partial charge in [-0.05, 0) is 13.0 Å². The lowest BCUT2D eigenvalue weighted by Crippen LogP contribution is -2.22. The van der Waals surface area contributed by atoms with Gasteiger partial charge in [-0.2, -0.15) is 0 Å². The zero-order valence-electron chi connectivity index (χ0n) is 5.48. The maximum absolute atomic E-state index is 3.28. The molecule has 48 valence electrons. The van der Waals surface area contributed by atoms with E-state index in [0.717, 1.165) is 6.67 Å². The third kappa shape index (κ3) is 1.46. The van der Waals surface area contributed by atoms with Gasteiger partial charge in [0.05, 0.1) is 0 Å². The van der Waals surface area contributed by atoms with Crippen molar-refractivity contribution in [3.63, 3.8) is 0 Å². The fourth-order valence-electron chi connectivity index (χ4n) is 1.06. The van der Waals surface area contributed by atoms with Crippen molar-refractivity contribution in [2.24, 2.45) is 0 Å². The van der Waals surface area contributed by atoms with Crippen LogP contribution in [-0.4, -0.2) is 31.2 Å². The highest BCUT2D eigenvalue weighted by atomic mass is 15.3. The van der Waals surface area contributed by atoms with Gasteiger partial charge in [0.2, 0.25) is 0 Å².